The van der Waals surface area contributed by atoms with Crippen LogP contribution in [0, 0.1) is 21.8 Å². The van der Waals surface area contributed by atoms with E-state index in [1.807, 2.05) is 0 Å². The minimum absolute atomic E-state index is 0.000914. The van der Waals surface area contributed by atoms with Gasteiger partial charge in [0.25, 0.3) is 5.69 Å². The molecule has 6 nitrogen and oxygen atoms in total. The van der Waals surface area contributed by atoms with Crippen LogP contribution in [0.2, 0.25) is 0 Å². The first-order valence-corrected chi connectivity index (χ1v) is 9.80. The first-order chi connectivity index (χ1) is 15.6. The molecule has 0 fully saturated rings. The number of hydrogen-bond acceptors (Lipinski definition) is 5. The summed E-state index contributed by atoms with van der Waals surface area (Å²) in [5.41, 5.74) is -1.23. The number of anilines is 2. The zero-order valence-corrected chi connectivity index (χ0v) is 16.9. The fourth-order valence-electron chi connectivity index (χ4n) is 3.70. The fourth-order valence-corrected chi connectivity index (χ4v) is 3.70. The lowest BCUT2D eigenvalue weighted by molar-refractivity contribution is -0.388. The Kier molecular flexibility index (Phi) is 5.75. The van der Waals surface area contributed by atoms with E-state index in [1.54, 1.807) is 24.3 Å². The highest BCUT2D eigenvalue weighted by atomic mass is 19.4. The highest BCUT2D eigenvalue weighted by Gasteiger charge is 2.38. The SMILES string of the molecule is O=C1c2cc(F)ccc2OCC1Cc1ccccc1Nc1ccc([N+](=O)[O-])c(C(F)(F)F)c1. The number of alkyl halides is 3. The van der Waals surface area contributed by atoms with Gasteiger partial charge in [-0.1, -0.05) is 18.2 Å². The number of carbonyl (C=O) groups is 1. The summed E-state index contributed by atoms with van der Waals surface area (Å²) in [6.07, 6.45) is -4.72. The Morgan fingerprint density at radius 2 is 1.85 bits per heavy atom. The molecule has 0 aromatic heterocycles. The monoisotopic (exact) mass is 460 g/mol. The molecule has 0 aliphatic carbocycles. The van der Waals surface area contributed by atoms with E-state index in [2.05, 4.69) is 5.32 Å². The average molecular weight is 460 g/mol. The molecule has 0 amide bonds. The van der Waals surface area contributed by atoms with Gasteiger partial charge in [-0.3, -0.25) is 14.9 Å². The third kappa shape index (κ3) is 4.64. The number of ketones is 1. The summed E-state index contributed by atoms with van der Waals surface area (Å²) in [5, 5.41) is 13.8. The maximum absolute atomic E-state index is 13.6. The van der Waals surface area contributed by atoms with E-state index in [9.17, 15) is 32.5 Å². The van der Waals surface area contributed by atoms with Crippen molar-refractivity contribution in [3.05, 3.63) is 93.3 Å². The smallest absolute Gasteiger partial charge is 0.423 e. The molecule has 1 heterocycles. The zero-order chi connectivity index (χ0) is 23.8. The molecule has 1 aliphatic heterocycles. The van der Waals surface area contributed by atoms with Crippen molar-refractivity contribution in [2.75, 3.05) is 11.9 Å². The maximum Gasteiger partial charge on any atom is 0.423 e. The van der Waals surface area contributed by atoms with Gasteiger partial charge in [0.2, 0.25) is 0 Å². The first kappa shape index (κ1) is 22.3. The average Bonchev–Trinajstić information content (AvgIpc) is 2.76. The number of para-hydroxylation sites is 1. The van der Waals surface area contributed by atoms with Gasteiger partial charge in [0.05, 0.1) is 23.0 Å². The van der Waals surface area contributed by atoms with Gasteiger partial charge < -0.3 is 10.1 Å². The molecule has 1 aliphatic rings. The van der Waals surface area contributed by atoms with Crippen molar-refractivity contribution in [3.8, 4) is 5.75 Å². The van der Waals surface area contributed by atoms with Crippen molar-refractivity contribution in [1.29, 1.82) is 0 Å². The van der Waals surface area contributed by atoms with Gasteiger partial charge >= 0.3 is 6.18 Å². The second-order valence-electron chi connectivity index (χ2n) is 7.49. The van der Waals surface area contributed by atoms with Gasteiger partial charge in [-0.15, -0.1) is 0 Å². The summed E-state index contributed by atoms with van der Waals surface area (Å²) >= 11 is 0. The number of halogens is 4. The third-order valence-electron chi connectivity index (χ3n) is 5.28. The fraction of sp³-hybridized carbons (Fsp3) is 0.174. The van der Waals surface area contributed by atoms with Gasteiger partial charge in [0, 0.05) is 17.4 Å². The van der Waals surface area contributed by atoms with Gasteiger partial charge in [-0.2, -0.15) is 13.2 Å². The molecular weight excluding hydrogens is 444 g/mol. The van der Waals surface area contributed by atoms with Crippen molar-refractivity contribution in [2.24, 2.45) is 5.92 Å². The topological polar surface area (TPSA) is 81.5 Å². The molecule has 10 heteroatoms. The predicted octanol–water partition coefficient (Wildman–Crippen LogP) is 5.93. The number of nitrogens with zero attached hydrogens (tertiary/aromatic N) is 1. The number of nitro benzene ring substituents is 1. The van der Waals surface area contributed by atoms with Gasteiger partial charge in [-0.05, 0) is 48.4 Å². The Bertz CT molecular complexity index is 1240. The maximum atomic E-state index is 13.6. The zero-order valence-electron chi connectivity index (χ0n) is 16.9. The Balaban J connectivity index is 1.60. The second-order valence-corrected chi connectivity index (χ2v) is 7.49. The van der Waals surface area contributed by atoms with Gasteiger partial charge in [-0.25, -0.2) is 4.39 Å². The summed E-state index contributed by atoms with van der Waals surface area (Å²) in [6.45, 7) is 0.0710. The molecule has 33 heavy (non-hydrogen) atoms. The molecule has 170 valence electrons. The van der Waals surface area contributed by atoms with Crippen LogP contribution in [0.5, 0.6) is 5.75 Å². The summed E-state index contributed by atoms with van der Waals surface area (Å²) in [5.74, 6) is -1.17. The summed E-state index contributed by atoms with van der Waals surface area (Å²) in [7, 11) is 0. The lowest BCUT2D eigenvalue weighted by atomic mass is 9.89. The molecule has 4 rings (SSSR count). The van der Waals surface area contributed by atoms with Gasteiger partial charge in [0.15, 0.2) is 5.78 Å². The number of ether oxygens (including phenoxy) is 1. The van der Waals surface area contributed by atoms with Crippen LogP contribution in [0.4, 0.5) is 34.6 Å². The van der Waals surface area contributed by atoms with E-state index in [0.717, 1.165) is 12.1 Å². The van der Waals surface area contributed by atoms with Crippen LogP contribution in [0.3, 0.4) is 0 Å². The molecule has 0 radical (unpaired) electrons. The Morgan fingerprint density at radius 1 is 1.09 bits per heavy atom. The molecule has 0 saturated carbocycles. The number of hydrogen-bond donors (Lipinski definition) is 1. The molecular formula is C23H16F4N2O4. The van der Waals surface area contributed by atoms with Crippen molar-refractivity contribution in [1.82, 2.24) is 0 Å². The number of rotatable bonds is 5. The minimum Gasteiger partial charge on any atom is -0.492 e. The van der Waals surface area contributed by atoms with E-state index in [0.29, 0.717) is 23.1 Å². The van der Waals surface area contributed by atoms with E-state index in [-0.39, 0.29) is 30.1 Å². The standard InChI is InChI=1S/C23H16F4N2O4/c24-15-5-8-21-17(10-15)22(30)14(12-33-21)9-13-3-1-2-4-19(13)28-16-6-7-20(29(31)32)18(11-16)23(25,26)27/h1-8,10-11,14,28H,9,12H2. The number of benzene rings is 3. The molecule has 3 aromatic rings. The third-order valence-corrected chi connectivity index (χ3v) is 5.28. The summed E-state index contributed by atoms with van der Waals surface area (Å²) < 4.78 is 59.1. The van der Waals surface area contributed by atoms with Crippen LogP contribution >= 0.6 is 0 Å². The lowest BCUT2D eigenvalue weighted by Crippen LogP contribution is -2.29. The van der Waals surface area contributed by atoms with Crippen molar-refractivity contribution < 1.29 is 32.0 Å². The lowest BCUT2D eigenvalue weighted by Gasteiger charge is -2.25. The van der Waals surface area contributed by atoms with Crippen molar-refractivity contribution in [2.45, 2.75) is 12.6 Å². The molecule has 1 N–H and O–H groups in total. The quantitative estimate of drug-likeness (QED) is 0.290. The summed E-state index contributed by atoms with van der Waals surface area (Å²) in [4.78, 5) is 22.7. The number of carbonyl (C=O) groups excluding carboxylic acids is 1. The highest BCUT2D eigenvalue weighted by molar-refractivity contribution is 6.01. The largest absolute Gasteiger partial charge is 0.492 e. The van der Waals surface area contributed by atoms with E-state index in [4.69, 9.17) is 4.74 Å². The van der Waals surface area contributed by atoms with Crippen LogP contribution in [0.25, 0.3) is 0 Å². The predicted molar refractivity (Wildman–Crippen MR) is 111 cm³/mol. The van der Waals surface area contributed by atoms with E-state index >= 15 is 0 Å². The Hall–Kier alpha value is -3.95. The normalized spacial score (nSPS) is 15.5. The molecule has 0 spiro atoms. The number of nitro groups is 1. The van der Waals surface area contributed by atoms with Gasteiger partial charge in [0.1, 0.15) is 17.1 Å². The van der Waals surface area contributed by atoms with Crippen LogP contribution in [-0.4, -0.2) is 17.3 Å². The second kappa shape index (κ2) is 8.53. The molecule has 0 bridgehead atoms. The number of Topliss-reactive ketones (excluding diaryl/α,β-unsaturated/α-hetero) is 1. The van der Waals surface area contributed by atoms with Crippen molar-refractivity contribution >= 4 is 22.8 Å². The molecule has 1 atom stereocenters. The molecule has 0 saturated heterocycles. The molecule has 3 aromatic carbocycles. The summed E-state index contributed by atoms with van der Waals surface area (Å²) in [6, 6.07) is 13.0. The van der Waals surface area contributed by atoms with Crippen LogP contribution in [0.15, 0.2) is 60.7 Å². The van der Waals surface area contributed by atoms with Crippen molar-refractivity contribution in [3.63, 3.8) is 0 Å². The van der Waals surface area contributed by atoms with E-state index < -0.39 is 34.1 Å². The number of nitrogens with one attached hydrogen (secondary N) is 1. The minimum atomic E-state index is -4.91. The molecule has 1 unspecified atom stereocenters. The Morgan fingerprint density at radius 3 is 2.58 bits per heavy atom. The van der Waals surface area contributed by atoms with Crippen LogP contribution < -0.4 is 10.1 Å². The van der Waals surface area contributed by atoms with E-state index in [1.165, 1.54) is 18.2 Å². The number of fused-ring (bicyclic) bond motifs is 1. The highest BCUT2D eigenvalue weighted by Crippen LogP contribution is 2.38. The van der Waals surface area contributed by atoms with Crippen LogP contribution in [0.1, 0.15) is 21.5 Å². The van der Waals surface area contributed by atoms with Crippen LogP contribution in [-0.2, 0) is 12.6 Å². The Labute approximate surface area is 185 Å². The first-order valence-electron chi connectivity index (χ1n) is 9.80.